The Morgan fingerprint density at radius 3 is 2.65 bits per heavy atom. The number of halogens is 2. The predicted octanol–water partition coefficient (Wildman–Crippen LogP) is 2.58. The van der Waals surface area contributed by atoms with Gasteiger partial charge in [-0.25, -0.2) is 4.39 Å². The Bertz CT molecular complexity index is 624. The standard InChI is InChI=1S/C14H18ClFN4/c1-8-4-5-10(12(16)6-8)13(18-17)7-11-9(2)19-20(3)14(11)15/h4-6,13,18H,7,17H2,1-3H3. The molecule has 0 radical (unpaired) electrons. The van der Waals surface area contributed by atoms with Crippen molar-refractivity contribution < 1.29 is 4.39 Å². The molecule has 1 unspecified atom stereocenters. The van der Waals surface area contributed by atoms with Crippen molar-refractivity contribution in [1.29, 1.82) is 0 Å². The van der Waals surface area contributed by atoms with Gasteiger partial charge in [-0.1, -0.05) is 23.7 Å². The fourth-order valence-corrected chi connectivity index (χ4v) is 2.54. The lowest BCUT2D eigenvalue weighted by Crippen LogP contribution is -2.30. The Morgan fingerprint density at radius 1 is 1.45 bits per heavy atom. The van der Waals surface area contributed by atoms with E-state index in [2.05, 4.69) is 10.5 Å². The number of aryl methyl sites for hydroxylation is 3. The molecule has 0 aliphatic heterocycles. The molecule has 0 saturated carbocycles. The second-order valence-corrected chi connectivity index (χ2v) is 5.28. The van der Waals surface area contributed by atoms with Crippen LogP contribution in [0.2, 0.25) is 5.15 Å². The number of nitrogens with zero attached hydrogens (tertiary/aromatic N) is 2. The van der Waals surface area contributed by atoms with Crippen LogP contribution in [0.3, 0.4) is 0 Å². The number of rotatable bonds is 4. The topological polar surface area (TPSA) is 55.9 Å². The molecule has 0 spiro atoms. The van der Waals surface area contributed by atoms with E-state index in [1.165, 1.54) is 6.07 Å². The first-order valence-corrected chi connectivity index (χ1v) is 6.72. The summed E-state index contributed by atoms with van der Waals surface area (Å²) in [4.78, 5) is 0. The Balaban J connectivity index is 2.33. The number of hydrogen-bond donors (Lipinski definition) is 2. The zero-order chi connectivity index (χ0) is 14.9. The first-order chi connectivity index (χ1) is 9.43. The van der Waals surface area contributed by atoms with Gasteiger partial charge >= 0.3 is 0 Å². The number of hydrazine groups is 1. The quantitative estimate of drug-likeness (QED) is 0.673. The molecule has 0 saturated heterocycles. The first kappa shape index (κ1) is 15.0. The fraction of sp³-hybridized carbons (Fsp3) is 0.357. The number of benzene rings is 1. The lowest BCUT2D eigenvalue weighted by molar-refractivity contribution is 0.509. The molecule has 0 bridgehead atoms. The third-order valence-electron chi connectivity index (χ3n) is 3.41. The minimum absolute atomic E-state index is 0.273. The van der Waals surface area contributed by atoms with Crippen LogP contribution in [0.4, 0.5) is 4.39 Å². The van der Waals surface area contributed by atoms with Gasteiger partial charge in [-0.2, -0.15) is 5.10 Å². The summed E-state index contributed by atoms with van der Waals surface area (Å²) in [6, 6.07) is 4.75. The van der Waals surface area contributed by atoms with Gasteiger partial charge in [0.25, 0.3) is 0 Å². The maximum absolute atomic E-state index is 14.0. The molecule has 1 aromatic heterocycles. The van der Waals surface area contributed by atoms with Gasteiger partial charge in [0, 0.05) is 18.2 Å². The van der Waals surface area contributed by atoms with Crippen LogP contribution in [0.1, 0.15) is 28.4 Å². The lowest BCUT2D eigenvalue weighted by Gasteiger charge is -2.17. The summed E-state index contributed by atoms with van der Waals surface area (Å²) in [6.45, 7) is 3.72. The second-order valence-electron chi connectivity index (χ2n) is 4.93. The highest BCUT2D eigenvalue weighted by atomic mass is 35.5. The monoisotopic (exact) mass is 296 g/mol. The Kier molecular flexibility index (Phi) is 4.42. The highest BCUT2D eigenvalue weighted by Crippen LogP contribution is 2.27. The van der Waals surface area contributed by atoms with E-state index in [0.29, 0.717) is 17.1 Å². The molecule has 1 atom stereocenters. The van der Waals surface area contributed by atoms with E-state index in [0.717, 1.165) is 16.8 Å². The van der Waals surface area contributed by atoms with E-state index < -0.39 is 0 Å². The van der Waals surface area contributed by atoms with E-state index in [4.69, 9.17) is 17.4 Å². The molecule has 2 aromatic rings. The fourth-order valence-electron chi connectivity index (χ4n) is 2.28. The highest BCUT2D eigenvalue weighted by Gasteiger charge is 2.20. The van der Waals surface area contributed by atoms with Crippen molar-refractivity contribution in [3.8, 4) is 0 Å². The molecule has 3 N–H and O–H groups in total. The average Bonchev–Trinajstić information content (AvgIpc) is 2.62. The second kappa shape index (κ2) is 5.91. The van der Waals surface area contributed by atoms with Gasteiger partial charge in [0.05, 0.1) is 11.7 Å². The van der Waals surface area contributed by atoms with Gasteiger partial charge in [-0.15, -0.1) is 0 Å². The summed E-state index contributed by atoms with van der Waals surface area (Å²) >= 11 is 6.21. The van der Waals surface area contributed by atoms with E-state index >= 15 is 0 Å². The molecule has 6 heteroatoms. The van der Waals surface area contributed by atoms with Crippen LogP contribution >= 0.6 is 11.6 Å². The van der Waals surface area contributed by atoms with Gasteiger partial charge in [0.15, 0.2) is 0 Å². The summed E-state index contributed by atoms with van der Waals surface area (Å²) in [5.74, 6) is 5.31. The summed E-state index contributed by atoms with van der Waals surface area (Å²) in [7, 11) is 1.77. The van der Waals surface area contributed by atoms with Gasteiger partial charge in [-0.3, -0.25) is 16.0 Å². The van der Waals surface area contributed by atoms with Gasteiger partial charge in [0.1, 0.15) is 11.0 Å². The molecule has 4 nitrogen and oxygen atoms in total. The van der Waals surface area contributed by atoms with E-state index in [1.807, 2.05) is 19.9 Å². The Morgan fingerprint density at radius 2 is 2.15 bits per heavy atom. The van der Waals surface area contributed by atoms with E-state index in [9.17, 15) is 4.39 Å². The SMILES string of the molecule is Cc1ccc(C(Cc2c(C)nn(C)c2Cl)NN)c(F)c1. The maximum atomic E-state index is 14.0. The average molecular weight is 297 g/mol. The zero-order valence-corrected chi connectivity index (χ0v) is 12.5. The molecule has 0 aliphatic rings. The Hall–Kier alpha value is -1.43. The van der Waals surface area contributed by atoms with Crippen molar-refractivity contribution in [2.45, 2.75) is 26.3 Å². The van der Waals surface area contributed by atoms with Crippen LogP contribution in [0.5, 0.6) is 0 Å². The number of nitrogens with two attached hydrogens (primary N) is 1. The van der Waals surface area contributed by atoms with Gasteiger partial charge < -0.3 is 0 Å². The van der Waals surface area contributed by atoms with Crippen LogP contribution < -0.4 is 11.3 Å². The molecular formula is C14H18ClFN4. The molecule has 1 aromatic carbocycles. The molecule has 1 heterocycles. The van der Waals surface area contributed by atoms with Crippen LogP contribution in [-0.2, 0) is 13.5 Å². The first-order valence-electron chi connectivity index (χ1n) is 6.34. The van der Waals surface area contributed by atoms with E-state index in [-0.39, 0.29) is 11.9 Å². The predicted molar refractivity (Wildman–Crippen MR) is 77.9 cm³/mol. The largest absolute Gasteiger partial charge is 0.271 e. The van der Waals surface area contributed by atoms with Crippen molar-refractivity contribution in [3.63, 3.8) is 0 Å². The lowest BCUT2D eigenvalue weighted by atomic mass is 9.98. The molecule has 0 amide bonds. The molecular weight excluding hydrogens is 279 g/mol. The van der Waals surface area contributed by atoms with Crippen molar-refractivity contribution in [1.82, 2.24) is 15.2 Å². The highest BCUT2D eigenvalue weighted by molar-refractivity contribution is 6.30. The van der Waals surface area contributed by atoms with Crippen molar-refractivity contribution >= 4 is 11.6 Å². The number of hydrogen-bond acceptors (Lipinski definition) is 3. The smallest absolute Gasteiger partial charge is 0.130 e. The summed E-state index contributed by atoms with van der Waals surface area (Å²) in [5, 5.41) is 4.80. The van der Waals surface area contributed by atoms with Crippen molar-refractivity contribution in [2.75, 3.05) is 0 Å². The molecule has 2 rings (SSSR count). The Labute approximate surface area is 122 Å². The van der Waals surface area contributed by atoms with Gasteiger partial charge in [-0.05, 0) is 31.9 Å². The van der Waals surface area contributed by atoms with Crippen molar-refractivity contribution in [3.05, 3.63) is 51.6 Å². The third-order valence-corrected chi connectivity index (χ3v) is 3.88. The summed E-state index contributed by atoms with van der Waals surface area (Å²) in [6.07, 6.45) is 0.481. The van der Waals surface area contributed by atoms with Crippen LogP contribution in [0.15, 0.2) is 18.2 Å². The zero-order valence-electron chi connectivity index (χ0n) is 11.7. The molecule has 108 valence electrons. The molecule has 0 aliphatic carbocycles. The van der Waals surface area contributed by atoms with Crippen LogP contribution in [0.25, 0.3) is 0 Å². The van der Waals surface area contributed by atoms with Crippen molar-refractivity contribution in [2.24, 2.45) is 12.9 Å². The van der Waals surface area contributed by atoms with Gasteiger partial charge in [0.2, 0.25) is 0 Å². The van der Waals surface area contributed by atoms with E-state index in [1.54, 1.807) is 17.8 Å². The minimum Gasteiger partial charge on any atom is -0.271 e. The summed E-state index contributed by atoms with van der Waals surface area (Å²) in [5.41, 5.74) is 5.75. The molecule has 0 fully saturated rings. The van der Waals surface area contributed by atoms with Crippen LogP contribution in [0, 0.1) is 19.7 Å². The number of nitrogens with one attached hydrogen (secondary N) is 1. The third kappa shape index (κ3) is 2.85. The minimum atomic E-state index is -0.351. The summed E-state index contributed by atoms with van der Waals surface area (Å²) < 4.78 is 15.6. The van der Waals surface area contributed by atoms with Crippen LogP contribution in [-0.4, -0.2) is 9.78 Å². The maximum Gasteiger partial charge on any atom is 0.130 e. The molecule has 20 heavy (non-hydrogen) atoms. The number of aromatic nitrogens is 2. The normalized spacial score (nSPS) is 12.7.